The number of methoxy groups -OCH3 is 1. The van der Waals surface area contributed by atoms with Gasteiger partial charge in [-0.3, -0.25) is 4.79 Å². The Labute approximate surface area is 169 Å². The number of fused-ring (bicyclic) bond motifs is 1. The molecule has 0 aliphatic heterocycles. The van der Waals surface area contributed by atoms with Gasteiger partial charge in [-0.2, -0.15) is 0 Å². The Morgan fingerprint density at radius 3 is 2.55 bits per heavy atom. The summed E-state index contributed by atoms with van der Waals surface area (Å²) in [5.74, 6) is 8.96. The quantitative estimate of drug-likeness (QED) is 0.669. The molecule has 2 aromatic heterocycles. The van der Waals surface area contributed by atoms with E-state index in [-0.39, 0.29) is 11.8 Å². The van der Waals surface area contributed by atoms with Crippen molar-refractivity contribution < 1.29 is 9.53 Å². The van der Waals surface area contributed by atoms with Crippen LogP contribution in [-0.2, 0) is 4.79 Å². The summed E-state index contributed by atoms with van der Waals surface area (Å²) in [5.41, 5.74) is 1.65. The molecule has 1 fully saturated rings. The summed E-state index contributed by atoms with van der Waals surface area (Å²) in [4.78, 5) is 21.1. The molecule has 6 nitrogen and oxygen atoms in total. The molecular formula is C23H22N4O2. The number of hydrogen-bond acceptors (Lipinski definition) is 5. The van der Waals surface area contributed by atoms with Gasteiger partial charge in [-0.15, -0.1) is 0 Å². The molecule has 0 bridgehead atoms. The van der Waals surface area contributed by atoms with Gasteiger partial charge in [0, 0.05) is 41.7 Å². The second kappa shape index (κ2) is 7.80. The molecule has 2 heterocycles. The molecule has 4 rings (SSSR count). The summed E-state index contributed by atoms with van der Waals surface area (Å²) in [5, 5.41) is 7.74. The van der Waals surface area contributed by atoms with E-state index in [0.717, 1.165) is 39.9 Å². The number of nitrogens with zero attached hydrogens (tertiary/aromatic N) is 2. The van der Waals surface area contributed by atoms with Crippen LogP contribution < -0.4 is 15.4 Å². The molecule has 1 aliphatic rings. The van der Waals surface area contributed by atoms with E-state index in [1.165, 1.54) is 0 Å². The molecule has 6 heteroatoms. The molecule has 2 unspecified atom stereocenters. The molecule has 1 amide bonds. The van der Waals surface area contributed by atoms with E-state index in [0.29, 0.717) is 11.7 Å². The van der Waals surface area contributed by atoms with Gasteiger partial charge in [0.25, 0.3) is 0 Å². The zero-order chi connectivity index (χ0) is 20.4. The van der Waals surface area contributed by atoms with Crippen LogP contribution in [0.2, 0.25) is 0 Å². The van der Waals surface area contributed by atoms with Crippen LogP contribution in [0.15, 0.2) is 42.7 Å². The number of anilines is 2. The van der Waals surface area contributed by atoms with Gasteiger partial charge in [-0.25, -0.2) is 9.97 Å². The van der Waals surface area contributed by atoms with E-state index < -0.39 is 0 Å². The lowest BCUT2D eigenvalue weighted by Crippen LogP contribution is -2.15. The maximum absolute atomic E-state index is 12.3. The van der Waals surface area contributed by atoms with Crippen molar-refractivity contribution in [1.29, 1.82) is 0 Å². The first-order chi connectivity index (χ1) is 14.1. The lowest BCUT2D eigenvalue weighted by Gasteiger charge is -2.09. The van der Waals surface area contributed by atoms with Gasteiger partial charge in [0.2, 0.25) is 5.91 Å². The first-order valence-electron chi connectivity index (χ1n) is 9.52. The van der Waals surface area contributed by atoms with Crippen molar-refractivity contribution >= 4 is 28.3 Å². The molecule has 2 N–H and O–H groups in total. The Hall–Kier alpha value is -3.59. The summed E-state index contributed by atoms with van der Waals surface area (Å²) in [6.45, 7) is 2.08. The molecule has 29 heavy (non-hydrogen) atoms. The van der Waals surface area contributed by atoms with E-state index in [1.807, 2.05) is 37.4 Å². The van der Waals surface area contributed by atoms with Gasteiger partial charge in [0.1, 0.15) is 17.4 Å². The second-order valence-electron chi connectivity index (χ2n) is 7.17. The number of rotatable bonds is 4. The van der Waals surface area contributed by atoms with E-state index in [2.05, 4.69) is 39.4 Å². The lowest BCUT2D eigenvalue weighted by atomic mass is 10.1. The number of ether oxygens (including phenoxy) is 1. The summed E-state index contributed by atoms with van der Waals surface area (Å²) in [7, 11) is 3.45. The molecule has 3 aromatic rings. The van der Waals surface area contributed by atoms with Gasteiger partial charge >= 0.3 is 0 Å². The minimum absolute atomic E-state index is 0.0260. The average Bonchev–Trinajstić information content (AvgIpc) is 3.49. The number of hydrogen-bond donors (Lipinski definition) is 2. The smallest absolute Gasteiger partial charge is 0.228 e. The van der Waals surface area contributed by atoms with Crippen molar-refractivity contribution in [2.45, 2.75) is 13.3 Å². The zero-order valence-electron chi connectivity index (χ0n) is 16.6. The SMILES string of the molecule is CNc1ncc(C#Cc2ccc(OC)cc2)c2cc(NC(=O)C3CC3C)ncc12. The van der Waals surface area contributed by atoms with Crippen molar-refractivity contribution in [3.63, 3.8) is 0 Å². The van der Waals surface area contributed by atoms with Crippen molar-refractivity contribution in [1.82, 2.24) is 9.97 Å². The van der Waals surface area contributed by atoms with Gasteiger partial charge < -0.3 is 15.4 Å². The maximum atomic E-state index is 12.3. The number of pyridine rings is 2. The van der Waals surface area contributed by atoms with Gasteiger partial charge in [0.05, 0.1) is 12.7 Å². The van der Waals surface area contributed by atoms with Crippen LogP contribution in [0.3, 0.4) is 0 Å². The summed E-state index contributed by atoms with van der Waals surface area (Å²) >= 11 is 0. The predicted molar refractivity (Wildman–Crippen MR) is 114 cm³/mol. The Bertz CT molecular complexity index is 1130. The predicted octanol–water partition coefficient (Wildman–Crippen LogP) is 3.67. The molecule has 1 saturated carbocycles. The van der Waals surface area contributed by atoms with Gasteiger partial charge in [-0.1, -0.05) is 18.8 Å². The average molecular weight is 386 g/mol. The third kappa shape index (κ3) is 3.99. The molecule has 0 radical (unpaired) electrons. The molecule has 2 atom stereocenters. The Morgan fingerprint density at radius 1 is 1.14 bits per heavy atom. The minimum atomic E-state index is 0.0260. The van der Waals surface area contributed by atoms with Crippen molar-refractivity contribution in [2.24, 2.45) is 11.8 Å². The molecule has 146 valence electrons. The largest absolute Gasteiger partial charge is 0.497 e. The van der Waals surface area contributed by atoms with Crippen LogP contribution in [0.25, 0.3) is 10.8 Å². The number of carbonyl (C=O) groups is 1. The van der Waals surface area contributed by atoms with Crippen molar-refractivity contribution in [3.05, 3.63) is 53.9 Å². The summed E-state index contributed by atoms with van der Waals surface area (Å²) in [6.07, 6.45) is 4.39. The number of carbonyl (C=O) groups excluding carboxylic acids is 1. The first kappa shape index (κ1) is 18.8. The standard InChI is InChI=1S/C23H22N4O2/c1-14-10-18(14)23(28)27-21-11-19-16(12-26-22(24-2)20(19)13-25-21)7-4-15-5-8-17(29-3)9-6-15/h5-6,8-9,11-14,18H,10H2,1-3H3,(H,24,26)(H,25,27,28). The van der Waals surface area contributed by atoms with E-state index in [9.17, 15) is 4.79 Å². The highest BCUT2D eigenvalue weighted by atomic mass is 16.5. The molecule has 1 aromatic carbocycles. The number of nitrogens with one attached hydrogen (secondary N) is 2. The summed E-state index contributed by atoms with van der Waals surface area (Å²) in [6, 6.07) is 9.43. The van der Waals surface area contributed by atoms with Crippen LogP contribution in [-0.4, -0.2) is 30.0 Å². The third-order valence-corrected chi connectivity index (χ3v) is 5.14. The van der Waals surface area contributed by atoms with E-state index in [1.54, 1.807) is 19.5 Å². The highest BCUT2D eigenvalue weighted by Crippen LogP contribution is 2.38. The highest BCUT2D eigenvalue weighted by molar-refractivity contribution is 5.99. The zero-order valence-corrected chi connectivity index (χ0v) is 16.6. The Kier molecular flexibility index (Phi) is 5.05. The van der Waals surface area contributed by atoms with Crippen molar-refractivity contribution in [2.75, 3.05) is 24.8 Å². The third-order valence-electron chi connectivity index (χ3n) is 5.14. The monoisotopic (exact) mass is 386 g/mol. The number of benzene rings is 1. The fraction of sp³-hybridized carbons (Fsp3) is 0.261. The number of aromatic nitrogens is 2. The fourth-order valence-corrected chi connectivity index (χ4v) is 3.22. The second-order valence-corrected chi connectivity index (χ2v) is 7.17. The van der Waals surface area contributed by atoms with Crippen LogP contribution in [0.4, 0.5) is 11.6 Å². The molecule has 1 aliphatic carbocycles. The van der Waals surface area contributed by atoms with E-state index in [4.69, 9.17) is 4.74 Å². The lowest BCUT2D eigenvalue weighted by molar-refractivity contribution is -0.117. The fourth-order valence-electron chi connectivity index (χ4n) is 3.22. The Morgan fingerprint density at radius 2 is 1.90 bits per heavy atom. The van der Waals surface area contributed by atoms with Crippen LogP contribution in [0.5, 0.6) is 5.75 Å². The van der Waals surface area contributed by atoms with Crippen LogP contribution in [0, 0.1) is 23.7 Å². The van der Waals surface area contributed by atoms with Crippen molar-refractivity contribution in [3.8, 4) is 17.6 Å². The van der Waals surface area contributed by atoms with Crippen LogP contribution >= 0.6 is 0 Å². The molecule has 0 saturated heterocycles. The molecule has 0 spiro atoms. The highest BCUT2D eigenvalue weighted by Gasteiger charge is 2.39. The summed E-state index contributed by atoms with van der Waals surface area (Å²) < 4.78 is 5.18. The molecular weight excluding hydrogens is 364 g/mol. The number of amides is 1. The maximum Gasteiger partial charge on any atom is 0.228 e. The normalized spacial score (nSPS) is 17.2. The van der Waals surface area contributed by atoms with E-state index >= 15 is 0 Å². The minimum Gasteiger partial charge on any atom is -0.497 e. The van der Waals surface area contributed by atoms with Gasteiger partial charge in [0.15, 0.2) is 0 Å². The first-order valence-corrected chi connectivity index (χ1v) is 9.52. The van der Waals surface area contributed by atoms with Crippen LogP contribution in [0.1, 0.15) is 24.5 Å². The Balaban J connectivity index is 1.69. The topological polar surface area (TPSA) is 76.1 Å². The van der Waals surface area contributed by atoms with Gasteiger partial charge in [-0.05, 0) is 42.7 Å².